The highest BCUT2D eigenvalue weighted by molar-refractivity contribution is 6.22. The highest BCUT2D eigenvalue weighted by Crippen LogP contribution is 2.26. The lowest BCUT2D eigenvalue weighted by atomic mass is 10.1. The number of aryl methyl sites for hydroxylation is 1. The molecule has 1 aliphatic heterocycles. The van der Waals surface area contributed by atoms with Gasteiger partial charge in [0.05, 0.1) is 11.1 Å². The maximum atomic E-state index is 12.8. The molecule has 2 aromatic rings. The SMILES string of the molecule is Cc1ccc(NC(C(=O)OC(C)(C)C)N2C(=O)c3ccccc3C2=O)cc1. The first-order chi connectivity index (χ1) is 12.7. The largest absolute Gasteiger partial charge is 0.457 e. The van der Waals surface area contributed by atoms with Crippen molar-refractivity contribution < 1.29 is 19.1 Å². The minimum Gasteiger partial charge on any atom is -0.457 e. The first-order valence-corrected chi connectivity index (χ1v) is 8.70. The zero-order chi connectivity index (χ0) is 19.8. The molecule has 0 fully saturated rings. The zero-order valence-electron chi connectivity index (χ0n) is 15.8. The highest BCUT2D eigenvalue weighted by Gasteiger charge is 2.44. The third kappa shape index (κ3) is 3.84. The van der Waals surface area contributed by atoms with Gasteiger partial charge in [-0.1, -0.05) is 29.8 Å². The van der Waals surface area contributed by atoms with Crippen molar-refractivity contribution in [3.63, 3.8) is 0 Å². The molecule has 0 saturated carbocycles. The van der Waals surface area contributed by atoms with Gasteiger partial charge in [-0.25, -0.2) is 9.69 Å². The molecule has 2 amide bonds. The van der Waals surface area contributed by atoms with Crippen LogP contribution in [0.5, 0.6) is 0 Å². The molecular formula is C21H22N2O4. The van der Waals surface area contributed by atoms with Gasteiger partial charge in [0.25, 0.3) is 11.8 Å². The molecule has 0 bridgehead atoms. The van der Waals surface area contributed by atoms with Gasteiger partial charge in [-0.3, -0.25) is 9.59 Å². The summed E-state index contributed by atoms with van der Waals surface area (Å²) < 4.78 is 5.46. The van der Waals surface area contributed by atoms with E-state index in [2.05, 4.69) is 5.32 Å². The third-order valence-electron chi connectivity index (χ3n) is 4.07. The van der Waals surface area contributed by atoms with Crippen LogP contribution in [0.2, 0.25) is 0 Å². The highest BCUT2D eigenvalue weighted by atomic mass is 16.6. The number of anilines is 1. The Kier molecular flexibility index (Phi) is 4.74. The van der Waals surface area contributed by atoms with E-state index >= 15 is 0 Å². The van der Waals surface area contributed by atoms with E-state index < -0.39 is 29.6 Å². The summed E-state index contributed by atoms with van der Waals surface area (Å²) in [7, 11) is 0. The molecule has 0 aromatic heterocycles. The topological polar surface area (TPSA) is 75.7 Å². The summed E-state index contributed by atoms with van der Waals surface area (Å²) in [4.78, 5) is 39.4. The van der Waals surface area contributed by atoms with E-state index in [1.807, 2.05) is 19.1 Å². The second-order valence-corrected chi connectivity index (χ2v) is 7.47. The Morgan fingerprint density at radius 1 is 0.963 bits per heavy atom. The molecule has 2 aromatic carbocycles. The van der Waals surface area contributed by atoms with Gasteiger partial charge >= 0.3 is 5.97 Å². The van der Waals surface area contributed by atoms with Crippen LogP contribution in [-0.2, 0) is 9.53 Å². The van der Waals surface area contributed by atoms with Gasteiger partial charge in [0.1, 0.15) is 5.60 Å². The zero-order valence-corrected chi connectivity index (χ0v) is 15.8. The van der Waals surface area contributed by atoms with E-state index in [1.165, 1.54) is 0 Å². The monoisotopic (exact) mass is 366 g/mol. The molecule has 140 valence electrons. The number of nitrogens with one attached hydrogen (secondary N) is 1. The van der Waals surface area contributed by atoms with E-state index in [0.717, 1.165) is 10.5 Å². The quantitative estimate of drug-likeness (QED) is 0.663. The normalized spacial score (nSPS) is 14.7. The number of nitrogens with zero attached hydrogens (tertiary/aromatic N) is 1. The Bertz CT molecular complexity index is 862. The molecule has 3 rings (SSSR count). The fraction of sp³-hybridized carbons (Fsp3) is 0.286. The number of ether oxygens (including phenoxy) is 1. The molecule has 0 radical (unpaired) electrons. The van der Waals surface area contributed by atoms with Gasteiger partial charge in [-0.2, -0.15) is 0 Å². The van der Waals surface area contributed by atoms with Crippen LogP contribution in [0, 0.1) is 6.92 Å². The van der Waals surface area contributed by atoms with Gasteiger partial charge < -0.3 is 10.1 Å². The fourth-order valence-corrected chi connectivity index (χ4v) is 2.84. The average molecular weight is 366 g/mol. The van der Waals surface area contributed by atoms with Gasteiger partial charge in [0.15, 0.2) is 0 Å². The van der Waals surface area contributed by atoms with E-state index in [-0.39, 0.29) is 11.1 Å². The molecule has 1 atom stereocenters. The van der Waals surface area contributed by atoms with Crippen LogP contribution in [0.25, 0.3) is 0 Å². The lowest BCUT2D eigenvalue weighted by molar-refractivity contribution is -0.158. The summed E-state index contributed by atoms with van der Waals surface area (Å²) in [5.41, 5.74) is 1.45. The smallest absolute Gasteiger partial charge is 0.350 e. The molecule has 6 heteroatoms. The summed E-state index contributed by atoms with van der Waals surface area (Å²) in [6.07, 6.45) is -1.26. The summed E-state index contributed by atoms with van der Waals surface area (Å²) in [6.45, 7) is 7.14. The summed E-state index contributed by atoms with van der Waals surface area (Å²) in [5.74, 6) is -1.74. The molecule has 1 heterocycles. The maximum absolute atomic E-state index is 12.8. The summed E-state index contributed by atoms with van der Waals surface area (Å²) in [6, 6.07) is 13.8. The minimum absolute atomic E-state index is 0.279. The van der Waals surface area contributed by atoms with Gasteiger partial charge in [0, 0.05) is 5.69 Å². The van der Waals surface area contributed by atoms with Crippen LogP contribution in [0.3, 0.4) is 0 Å². The van der Waals surface area contributed by atoms with Gasteiger partial charge in [0.2, 0.25) is 6.17 Å². The Labute approximate surface area is 158 Å². The standard InChI is InChI=1S/C21H22N2O4/c1-13-9-11-14(12-10-13)22-17(20(26)27-21(2,3)4)23-18(24)15-7-5-6-8-16(15)19(23)25/h5-12,17,22H,1-4H3. The van der Waals surface area contributed by atoms with Crippen LogP contribution >= 0.6 is 0 Å². The Morgan fingerprint density at radius 3 is 1.96 bits per heavy atom. The Morgan fingerprint density at radius 2 is 1.48 bits per heavy atom. The number of benzene rings is 2. The molecular weight excluding hydrogens is 344 g/mol. The van der Waals surface area contributed by atoms with Crippen molar-refractivity contribution in [3.8, 4) is 0 Å². The lowest BCUT2D eigenvalue weighted by Gasteiger charge is -2.29. The van der Waals surface area contributed by atoms with Crippen molar-refractivity contribution in [2.24, 2.45) is 0 Å². The molecule has 0 aliphatic carbocycles. The van der Waals surface area contributed by atoms with Crippen molar-refractivity contribution in [2.75, 3.05) is 5.32 Å². The second kappa shape index (κ2) is 6.87. The molecule has 1 N–H and O–H groups in total. The minimum atomic E-state index is -1.26. The van der Waals surface area contributed by atoms with E-state index in [4.69, 9.17) is 4.74 Å². The predicted octanol–water partition coefficient (Wildman–Crippen LogP) is 3.37. The third-order valence-corrected chi connectivity index (χ3v) is 4.07. The van der Waals surface area contributed by atoms with Crippen molar-refractivity contribution in [3.05, 3.63) is 65.2 Å². The number of esters is 1. The van der Waals surface area contributed by atoms with Crippen molar-refractivity contribution >= 4 is 23.5 Å². The van der Waals surface area contributed by atoms with Crippen LogP contribution in [-0.4, -0.2) is 34.5 Å². The molecule has 6 nitrogen and oxygen atoms in total. The summed E-state index contributed by atoms with van der Waals surface area (Å²) >= 11 is 0. The molecule has 0 saturated heterocycles. The number of rotatable bonds is 4. The van der Waals surface area contributed by atoms with Crippen LogP contribution < -0.4 is 5.32 Å². The Balaban J connectivity index is 1.97. The van der Waals surface area contributed by atoms with E-state index in [9.17, 15) is 14.4 Å². The second-order valence-electron chi connectivity index (χ2n) is 7.47. The van der Waals surface area contributed by atoms with Crippen molar-refractivity contribution in [1.29, 1.82) is 0 Å². The first kappa shape index (κ1) is 18.6. The maximum Gasteiger partial charge on any atom is 0.350 e. The first-order valence-electron chi connectivity index (χ1n) is 8.70. The number of carbonyl (C=O) groups excluding carboxylic acids is 3. The number of fused-ring (bicyclic) bond motifs is 1. The number of imide groups is 1. The van der Waals surface area contributed by atoms with E-state index in [1.54, 1.807) is 57.2 Å². The molecule has 0 spiro atoms. The number of amides is 2. The Hall–Kier alpha value is -3.15. The summed E-state index contributed by atoms with van der Waals surface area (Å²) in [5, 5.41) is 2.98. The molecule has 27 heavy (non-hydrogen) atoms. The fourth-order valence-electron chi connectivity index (χ4n) is 2.84. The van der Waals surface area contributed by atoms with Crippen LogP contribution in [0.15, 0.2) is 48.5 Å². The molecule has 1 unspecified atom stereocenters. The van der Waals surface area contributed by atoms with Gasteiger partial charge in [-0.05, 0) is 52.0 Å². The van der Waals surface area contributed by atoms with E-state index in [0.29, 0.717) is 5.69 Å². The average Bonchev–Trinajstić information content (AvgIpc) is 2.85. The van der Waals surface area contributed by atoms with Crippen LogP contribution in [0.1, 0.15) is 47.1 Å². The lowest BCUT2D eigenvalue weighted by Crippen LogP contribution is -2.51. The number of hydrogen-bond donors (Lipinski definition) is 1. The van der Waals surface area contributed by atoms with Crippen molar-refractivity contribution in [1.82, 2.24) is 4.90 Å². The molecule has 1 aliphatic rings. The predicted molar refractivity (Wildman–Crippen MR) is 101 cm³/mol. The number of hydrogen-bond acceptors (Lipinski definition) is 5. The van der Waals surface area contributed by atoms with Gasteiger partial charge in [-0.15, -0.1) is 0 Å². The van der Waals surface area contributed by atoms with Crippen LogP contribution in [0.4, 0.5) is 5.69 Å². The number of carbonyl (C=O) groups is 3. The van der Waals surface area contributed by atoms with Crippen molar-refractivity contribution in [2.45, 2.75) is 39.5 Å².